The van der Waals surface area contributed by atoms with Gasteiger partial charge in [-0.2, -0.15) is 5.10 Å². The molecule has 0 aliphatic carbocycles. The van der Waals surface area contributed by atoms with Gasteiger partial charge in [0.25, 0.3) is 5.56 Å². The Kier molecular flexibility index (Phi) is 6.46. The van der Waals surface area contributed by atoms with E-state index in [1.807, 2.05) is 0 Å². The summed E-state index contributed by atoms with van der Waals surface area (Å²) in [5.74, 6) is 0. The van der Waals surface area contributed by atoms with Gasteiger partial charge in [0.05, 0.1) is 28.8 Å². The molecule has 0 saturated heterocycles. The van der Waals surface area contributed by atoms with Crippen molar-refractivity contribution in [3.05, 3.63) is 55.9 Å². The average Bonchev–Trinajstić information content (AvgIpc) is 2.57. The molecule has 0 aliphatic rings. The lowest BCUT2D eigenvalue weighted by atomic mass is 10.1. The molecule has 0 fully saturated rings. The molecule has 1 unspecified atom stereocenters. The Morgan fingerprint density at radius 3 is 2.58 bits per heavy atom. The van der Waals surface area contributed by atoms with Crippen molar-refractivity contribution in [1.29, 1.82) is 0 Å². The van der Waals surface area contributed by atoms with Crippen LogP contribution in [0.15, 0.2) is 34.1 Å². The van der Waals surface area contributed by atoms with Crippen LogP contribution in [0.5, 0.6) is 0 Å². The Hall–Kier alpha value is -1.45. The number of benzene rings is 1. The van der Waals surface area contributed by atoms with Crippen LogP contribution in [0.25, 0.3) is 0 Å². The van der Waals surface area contributed by atoms with Gasteiger partial charge in [-0.3, -0.25) is 4.79 Å². The topological polar surface area (TPSA) is 92.5 Å². The van der Waals surface area contributed by atoms with Gasteiger partial charge in [0.2, 0.25) is 10.0 Å². The molecule has 26 heavy (non-hydrogen) atoms. The van der Waals surface area contributed by atoms with Gasteiger partial charge in [-0.05, 0) is 24.1 Å². The number of aromatic nitrogens is 2. The lowest BCUT2D eigenvalue weighted by Gasteiger charge is -2.16. The van der Waals surface area contributed by atoms with Gasteiger partial charge in [0, 0.05) is 20.5 Å². The first-order valence-electron chi connectivity index (χ1n) is 7.65. The Morgan fingerprint density at radius 1 is 1.31 bits per heavy atom. The molecular weight excluding hydrogens is 401 g/mol. The minimum Gasteiger partial charge on any atom is -0.391 e. The second-order valence-electron chi connectivity index (χ2n) is 6.04. The van der Waals surface area contributed by atoms with Gasteiger partial charge < -0.3 is 5.11 Å². The second-order valence-corrected chi connectivity index (χ2v) is 8.94. The maximum Gasteiger partial charge on any atom is 0.287 e. The lowest BCUT2D eigenvalue weighted by Crippen LogP contribution is -2.30. The van der Waals surface area contributed by atoms with Gasteiger partial charge in [-0.25, -0.2) is 17.4 Å². The van der Waals surface area contributed by atoms with Crippen LogP contribution in [0.1, 0.15) is 11.1 Å². The largest absolute Gasteiger partial charge is 0.391 e. The average molecular weight is 420 g/mol. The van der Waals surface area contributed by atoms with E-state index in [2.05, 4.69) is 5.10 Å². The van der Waals surface area contributed by atoms with Crippen LogP contribution in [0.2, 0.25) is 10.0 Å². The molecule has 0 spiro atoms. The summed E-state index contributed by atoms with van der Waals surface area (Å²) >= 11 is 11.5. The molecule has 0 bridgehead atoms. The van der Waals surface area contributed by atoms with E-state index in [4.69, 9.17) is 23.2 Å². The van der Waals surface area contributed by atoms with Crippen LogP contribution >= 0.6 is 23.2 Å². The SMILES string of the molecule is Cc1ccc(CC(O)Cn2ncc(Cl)c(Cl)c2=O)cc1S(=O)(=O)N(C)C. The van der Waals surface area contributed by atoms with Crippen molar-refractivity contribution in [1.82, 2.24) is 14.1 Å². The van der Waals surface area contributed by atoms with E-state index in [9.17, 15) is 18.3 Å². The summed E-state index contributed by atoms with van der Waals surface area (Å²) in [7, 11) is -0.676. The number of halogens is 2. The van der Waals surface area contributed by atoms with E-state index in [0.717, 1.165) is 8.99 Å². The molecule has 2 aromatic rings. The number of aryl methyl sites for hydroxylation is 1. The lowest BCUT2D eigenvalue weighted by molar-refractivity contribution is 0.147. The van der Waals surface area contributed by atoms with Gasteiger partial charge in [0.1, 0.15) is 5.02 Å². The fourth-order valence-corrected chi connectivity index (χ4v) is 3.80. The van der Waals surface area contributed by atoms with Crippen LogP contribution in [-0.4, -0.2) is 47.8 Å². The third-order valence-corrected chi connectivity index (χ3v) is 6.51. The Balaban J connectivity index is 2.24. The number of hydrogen-bond donors (Lipinski definition) is 1. The number of aliphatic hydroxyl groups excluding tert-OH is 1. The summed E-state index contributed by atoms with van der Waals surface area (Å²) in [5.41, 5.74) is 0.633. The molecule has 2 rings (SSSR count). The van der Waals surface area contributed by atoms with E-state index < -0.39 is 21.7 Å². The summed E-state index contributed by atoms with van der Waals surface area (Å²) in [4.78, 5) is 12.1. The highest BCUT2D eigenvalue weighted by atomic mass is 35.5. The van der Waals surface area contributed by atoms with Crippen molar-refractivity contribution in [2.75, 3.05) is 14.1 Å². The van der Waals surface area contributed by atoms with Crippen LogP contribution in [-0.2, 0) is 23.0 Å². The molecule has 0 saturated carbocycles. The van der Waals surface area contributed by atoms with Gasteiger partial charge in [-0.15, -0.1) is 0 Å². The van der Waals surface area contributed by atoms with Crippen LogP contribution in [0, 0.1) is 6.92 Å². The maximum absolute atomic E-state index is 12.4. The van der Waals surface area contributed by atoms with E-state index in [1.54, 1.807) is 19.1 Å². The predicted molar refractivity (Wildman–Crippen MR) is 100 cm³/mol. The zero-order valence-electron chi connectivity index (χ0n) is 14.5. The summed E-state index contributed by atoms with van der Waals surface area (Å²) < 4.78 is 26.9. The van der Waals surface area contributed by atoms with Crippen molar-refractivity contribution >= 4 is 33.2 Å². The van der Waals surface area contributed by atoms with Crippen LogP contribution < -0.4 is 5.56 Å². The zero-order valence-corrected chi connectivity index (χ0v) is 16.8. The quantitative estimate of drug-likeness (QED) is 0.768. The first-order valence-corrected chi connectivity index (χ1v) is 9.85. The third kappa shape index (κ3) is 4.44. The molecular formula is C16H19Cl2N3O4S. The molecule has 10 heteroatoms. The van der Waals surface area contributed by atoms with Crippen molar-refractivity contribution in [2.45, 2.75) is 30.9 Å². The molecule has 1 aromatic carbocycles. The zero-order chi connectivity index (χ0) is 19.6. The standard InChI is InChI=1S/C16H19Cl2N3O4S/c1-10-4-5-11(7-14(10)26(24,25)20(2)3)6-12(22)9-21-16(23)15(18)13(17)8-19-21/h4-5,7-8,12,22H,6,9H2,1-3H3. The molecule has 7 nitrogen and oxygen atoms in total. The van der Waals surface area contributed by atoms with Crippen molar-refractivity contribution in [2.24, 2.45) is 0 Å². The number of hydrogen-bond acceptors (Lipinski definition) is 5. The molecule has 0 amide bonds. The van der Waals surface area contributed by atoms with Crippen molar-refractivity contribution < 1.29 is 13.5 Å². The Bertz CT molecular complexity index is 974. The molecule has 1 N–H and O–H groups in total. The van der Waals surface area contributed by atoms with Crippen molar-refractivity contribution in [3.63, 3.8) is 0 Å². The summed E-state index contributed by atoms with van der Waals surface area (Å²) in [6.45, 7) is 1.61. The number of nitrogens with zero attached hydrogens (tertiary/aromatic N) is 3. The van der Waals surface area contributed by atoms with E-state index >= 15 is 0 Å². The smallest absolute Gasteiger partial charge is 0.287 e. The first-order chi connectivity index (χ1) is 12.0. The number of sulfonamides is 1. The maximum atomic E-state index is 12.4. The van der Waals surface area contributed by atoms with Gasteiger partial charge in [0.15, 0.2) is 0 Å². The predicted octanol–water partition coefficient (Wildman–Crippen LogP) is 1.71. The normalized spacial score (nSPS) is 13.2. The van der Waals surface area contributed by atoms with Gasteiger partial charge >= 0.3 is 0 Å². The fourth-order valence-electron chi connectivity index (χ4n) is 2.36. The number of aliphatic hydroxyl groups is 1. The third-order valence-electron chi connectivity index (χ3n) is 3.81. The summed E-state index contributed by atoms with van der Waals surface area (Å²) in [6.07, 6.45) is 0.408. The van der Waals surface area contributed by atoms with Crippen LogP contribution in [0.3, 0.4) is 0 Å². The minimum atomic E-state index is -3.59. The number of rotatable bonds is 6. The second kappa shape index (κ2) is 8.06. The van der Waals surface area contributed by atoms with Crippen LogP contribution in [0.4, 0.5) is 0 Å². The fraction of sp³-hybridized carbons (Fsp3) is 0.375. The van der Waals surface area contributed by atoms with E-state index in [-0.39, 0.29) is 27.9 Å². The van der Waals surface area contributed by atoms with E-state index in [0.29, 0.717) is 11.1 Å². The Labute approximate surface area is 161 Å². The highest BCUT2D eigenvalue weighted by Gasteiger charge is 2.21. The summed E-state index contributed by atoms with van der Waals surface area (Å²) in [6, 6.07) is 4.94. The molecule has 1 atom stereocenters. The monoisotopic (exact) mass is 419 g/mol. The van der Waals surface area contributed by atoms with Gasteiger partial charge in [-0.1, -0.05) is 35.3 Å². The molecule has 1 heterocycles. The van der Waals surface area contributed by atoms with Crippen molar-refractivity contribution in [3.8, 4) is 0 Å². The molecule has 1 aromatic heterocycles. The first kappa shape index (κ1) is 20.9. The molecule has 142 valence electrons. The van der Waals surface area contributed by atoms with E-state index in [1.165, 1.54) is 26.4 Å². The summed E-state index contributed by atoms with van der Waals surface area (Å²) in [5, 5.41) is 14.0. The Morgan fingerprint density at radius 2 is 1.96 bits per heavy atom. The minimum absolute atomic E-state index is 0.0412. The highest BCUT2D eigenvalue weighted by Crippen LogP contribution is 2.21. The highest BCUT2D eigenvalue weighted by molar-refractivity contribution is 7.89. The molecule has 0 aliphatic heterocycles. The molecule has 0 radical (unpaired) electrons.